The number of likely N-dealkylation sites (tertiary alicyclic amines) is 1. The first-order valence-electron chi connectivity index (χ1n) is 13.2. The molecule has 5 rings (SSSR count). The second kappa shape index (κ2) is 11.1. The Labute approximate surface area is 229 Å². The molecular formula is C31H35ClN2O4. The summed E-state index contributed by atoms with van der Waals surface area (Å²) in [6.45, 7) is 6.21. The topological polar surface area (TPSA) is 75.1 Å². The van der Waals surface area contributed by atoms with Crippen LogP contribution in [0.15, 0.2) is 66.9 Å². The zero-order chi connectivity index (χ0) is 26.8. The fourth-order valence-electron chi connectivity index (χ4n) is 5.15. The van der Waals surface area contributed by atoms with Gasteiger partial charge in [0.05, 0.1) is 12.2 Å². The summed E-state index contributed by atoms with van der Waals surface area (Å²) in [4.78, 5) is 6.91. The van der Waals surface area contributed by atoms with Gasteiger partial charge >= 0.3 is 0 Å². The predicted molar refractivity (Wildman–Crippen MR) is 150 cm³/mol. The Hall–Kier alpha value is -2.90. The van der Waals surface area contributed by atoms with Gasteiger partial charge in [-0.2, -0.15) is 0 Å². The molecule has 0 amide bonds. The maximum absolute atomic E-state index is 11.2. The van der Waals surface area contributed by atoms with Gasteiger partial charge in [0.1, 0.15) is 17.1 Å². The van der Waals surface area contributed by atoms with Crippen molar-refractivity contribution in [3.8, 4) is 17.4 Å². The first-order chi connectivity index (χ1) is 18.3. The minimum absolute atomic E-state index is 0.0923. The molecule has 3 aromatic rings. The number of aliphatic hydroxyl groups excluding tert-OH is 1. The molecule has 0 radical (unpaired) electrons. The van der Waals surface area contributed by atoms with Crippen LogP contribution in [0.3, 0.4) is 0 Å². The highest BCUT2D eigenvalue weighted by Crippen LogP contribution is 2.42. The number of aromatic nitrogens is 1. The van der Waals surface area contributed by atoms with Crippen LogP contribution < -0.4 is 9.47 Å². The Morgan fingerprint density at radius 1 is 1.11 bits per heavy atom. The third kappa shape index (κ3) is 5.89. The molecule has 0 bridgehead atoms. The number of hydrogen-bond donors (Lipinski definition) is 2. The lowest BCUT2D eigenvalue weighted by Crippen LogP contribution is -2.42. The van der Waals surface area contributed by atoms with Crippen molar-refractivity contribution in [3.05, 3.63) is 88.6 Å². The summed E-state index contributed by atoms with van der Waals surface area (Å²) in [6.07, 6.45) is 6.91. The van der Waals surface area contributed by atoms with E-state index in [0.29, 0.717) is 35.9 Å². The van der Waals surface area contributed by atoms with E-state index < -0.39 is 11.2 Å². The van der Waals surface area contributed by atoms with E-state index >= 15 is 0 Å². The van der Waals surface area contributed by atoms with Gasteiger partial charge in [0.25, 0.3) is 0 Å². The quantitative estimate of drug-likeness (QED) is 0.388. The lowest BCUT2D eigenvalue weighted by Gasteiger charge is -2.38. The van der Waals surface area contributed by atoms with Crippen molar-refractivity contribution in [1.82, 2.24) is 9.88 Å². The zero-order valence-electron chi connectivity index (χ0n) is 22.0. The van der Waals surface area contributed by atoms with Crippen molar-refractivity contribution in [1.29, 1.82) is 0 Å². The average Bonchev–Trinajstić information content (AvgIpc) is 3.07. The maximum atomic E-state index is 11.2. The van der Waals surface area contributed by atoms with Gasteiger partial charge in [-0.3, -0.25) is 0 Å². The van der Waals surface area contributed by atoms with Gasteiger partial charge in [0.2, 0.25) is 5.88 Å². The van der Waals surface area contributed by atoms with Crippen LogP contribution in [0.2, 0.25) is 5.02 Å². The molecule has 1 fully saturated rings. The molecule has 1 saturated heterocycles. The highest BCUT2D eigenvalue weighted by molar-refractivity contribution is 6.30. The summed E-state index contributed by atoms with van der Waals surface area (Å²) in [5, 5.41) is 21.6. The van der Waals surface area contributed by atoms with Crippen LogP contribution in [0.4, 0.5) is 0 Å². The molecule has 6 nitrogen and oxygen atoms in total. The normalized spacial score (nSPS) is 18.3. The van der Waals surface area contributed by atoms with Gasteiger partial charge in [-0.05, 0) is 80.6 Å². The van der Waals surface area contributed by atoms with Gasteiger partial charge in [-0.15, -0.1) is 0 Å². The first-order valence-corrected chi connectivity index (χ1v) is 13.6. The molecule has 38 heavy (non-hydrogen) atoms. The highest BCUT2D eigenvalue weighted by Gasteiger charge is 2.33. The summed E-state index contributed by atoms with van der Waals surface area (Å²) in [5.41, 5.74) is 2.49. The van der Waals surface area contributed by atoms with Crippen molar-refractivity contribution in [2.24, 2.45) is 0 Å². The monoisotopic (exact) mass is 534 g/mol. The van der Waals surface area contributed by atoms with Gasteiger partial charge in [-0.1, -0.05) is 35.9 Å². The zero-order valence-corrected chi connectivity index (χ0v) is 22.7. The first kappa shape index (κ1) is 26.7. The maximum Gasteiger partial charge on any atom is 0.226 e. The van der Waals surface area contributed by atoms with E-state index in [2.05, 4.69) is 16.0 Å². The van der Waals surface area contributed by atoms with Crippen LogP contribution in [0.5, 0.6) is 17.4 Å². The number of rotatable bonds is 7. The summed E-state index contributed by atoms with van der Waals surface area (Å²) in [6, 6.07) is 17.3. The summed E-state index contributed by atoms with van der Waals surface area (Å²) >= 11 is 6.03. The summed E-state index contributed by atoms with van der Waals surface area (Å²) < 4.78 is 12.4. The molecule has 7 heteroatoms. The molecule has 200 valence electrons. The van der Waals surface area contributed by atoms with E-state index in [0.717, 1.165) is 54.1 Å². The predicted octanol–water partition coefficient (Wildman–Crippen LogP) is 5.99. The molecule has 0 unspecified atom stereocenters. The van der Waals surface area contributed by atoms with Gasteiger partial charge < -0.3 is 24.6 Å². The van der Waals surface area contributed by atoms with E-state index in [4.69, 9.17) is 21.1 Å². The third-order valence-corrected chi connectivity index (χ3v) is 7.70. The number of hydrogen-bond acceptors (Lipinski definition) is 6. The van der Waals surface area contributed by atoms with E-state index in [1.807, 2.05) is 68.4 Å². The molecule has 0 aliphatic carbocycles. The smallest absolute Gasteiger partial charge is 0.226 e. The molecule has 2 aliphatic heterocycles. The van der Waals surface area contributed by atoms with E-state index in [1.165, 1.54) is 0 Å². The number of piperidine rings is 1. The van der Waals surface area contributed by atoms with Crippen LogP contribution in [0.25, 0.3) is 5.57 Å². The van der Waals surface area contributed by atoms with E-state index in [-0.39, 0.29) is 6.61 Å². The number of nitrogens with zero attached hydrogens (tertiary/aromatic N) is 2. The number of ether oxygens (including phenoxy) is 2. The van der Waals surface area contributed by atoms with Gasteiger partial charge in [0, 0.05) is 48.4 Å². The fraction of sp³-hybridized carbons (Fsp3) is 0.387. The Morgan fingerprint density at radius 2 is 1.87 bits per heavy atom. The number of benzene rings is 2. The average molecular weight is 535 g/mol. The lowest BCUT2D eigenvalue weighted by atomic mass is 9.84. The number of allylic oxidation sites excluding steroid dienone is 1. The second-order valence-corrected chi connectivity index (χ2v) is 11.2. The lowest BCUT2D eigenvalue weighted by molar-refractivity contribution is -0.0254. The Kier molecular flexibility index (Phi) is 7.78. The highest BCUT2D eigenvalue weighted by atomic mass is 35.5. The van der Waals surface area contributed by atoms with Crippen molar-refractivity contribution >= 4 is 17.2 Å². The molecular weight excluding hydrogens is 500 g/mol. The van der Waals surface area contributed by atoms with Crippen molar-refractivity contribution in [2.75, 3.05) is 26.2 Å². The minimum atomic E-state index is -0.800. The minimum Gasteiger partial charge on any atom is -0.485 e. The second-order valence-electron chi connectivity index (χ2n) is 10.8. The molecule has 2 aliphatic rings. The number of aliphatic hydroxyl groups is 2. The number of pyridine rings is 1. The Morgan fingerprint density at radius 3 is 2.61 bits per heavy atom. The van der Waals surface area contributed by atoms with Crippen molar-refractivity contribution in [3.63, 3.8) is 0 Å². The summed E-state index contributed by atoms with van der Waals surface area (Å²) in [7, 11) is 0. The van der Waals surface area contributed by atoms with Crippen LogP contribution in [-0.4, -0.2) is 51.9 Å². The number of halogens is 1. The molecule has 0 saturated carbocycles. The largest absolute Gasteiger partial charge is 0.485 e. The fourth-order valence-corrected chi connectivity index (χ4v) is 5.27. The van der Waals surface area contributed by atoms with Crippen molar-refractivity contribution < 1.29 is 19.7 Å². The molecule has 2 N–H and O–H groups in total. The Balaban J connectivity index is 1.31. The van der Waals surface area contributed by atoms with E-state index in [9.17, 15) is 10.2 Å². The van der Waals surface area contributed by atoms with Gasteiger partial charge in [-0.25, -0.2) is 4.98 Å². The molecule has 0 atom stereocenters. The summed E-state index contributed by atoms with van der Waals surface area (Å²) in [5.74, 6) is 2.01. The molecule has 1 aromatic heterocycles. The molecule has 0 spiro atoms. The number of fused-ring (bicyclic) bond motifs is 2. The SMILES string of the molecule is CC(C)(CO)Oc1cccc2c1CC(=CCCN1CCC(O)(c3ccc(Cl)cc3)CC1)c1cccnc1O2. The van der Waals surface area contributed by atoms with Crippen LogP contribution in [0.1, 0.15) is 49.8 Å². The van der Waals surface area contributed by atoms with Crippen LogP contribution >= 0.6 is 11.6 Å². The van der Waals surface area contributed by atoms with Gasteiger partial charge in [0.15, 0.2) is 0 Å². The standard InChI is InChI=1S/C31H35ClN2O4/c1-30(2,21-35)38-28-9-3-8-27-26(28)20-22(25-7-4-16-33-29(25)37-27)6-5-17-34-18-14-31(36,15-19-34)23-10-12-24(32)13-11-23/h3-4,6-13,16,35-36H,5,14-15,17-21H2,1-2H3. The molecule has 3 heterocycles. The Bertz CT molecular complexity index is 1300. The molecule has 2 aromatic carbocycles. The van der Waals surface area contributed by atoms with Crippen molar-refractivity contribution in [2.45, 2.75) is 50.7 Å². The van der Waals surface area contributed by atoms with Crippen LogP contribution in [-0.2, 0) is 12.0 Å². The van der Waals surface area contributed by atoms with Crippen LogP contribution in [0, 0.1) is 0 Å². The van der Waals surface area contributed by atoms with E-state index in [1.54, 1.807) is 6.20 Å². The third-order valence-electron chi connectivity index (χ3n) is 7.45.